The highest BCUT2D eigenvalue weighted by Gasteiger charge is 2.35. The van der Waals surface area contributed by atoms with Gasteiger partial charge in [-0.25, -0.2) is 9.78 Å². The van der Waals surface area contributed by atoms with E-state index in [4.69, 9.17) is 4.74 Å². The maximum atomic E-state index is 13.0. The van der Waals surface area contributed by atoms with Gasteiger partial charge in [-0.1, -0.05) is 0 Å². The molecule has 2 aliphatic heterocycles. The SMILES string of the molecule is CC(C)(C)OC(=O)N1CCCC(C(=O)N2CCN(c3ccc(C(F)(F)F)cn3)CC2)C1. The lowest BCUT2D eigenvalue weighted by Gasteiger charge is -2.39. The highest BCUT2D eigenvalue weighted by Crippen LogP contribution is 2.29. The Hall–Kier alpha value is -2.52. The van der Waals surface area contributed by atoms with Gasteiger partial charge in [0.2, 0.25) is 5.91 Å². The lowest BCUT2D eigenvalue weighted by molar-refractivity contribution is -0.138. The molecule has 1 aromatic rings. The minimum absolute atomic E-state index is 0.00767. The molecule has 0 N–H and O–H groups in total. The smallest absolute Gasteiger partial charge is 0.417 e. The van der Waals surface area contributed by atoms with Crippen molar-refractivity contribution < 1.29 is 27.5 Å². The van der Waals surface area contributed by atoms with Gasteiger partial charge < -0.3 is 19.4 Å². The number of hydrogen-bond donors (Lipinski definition) is 0. The first kappa shape index (κ1) is 23.1. The average molecular weight is 442 g/mol. The van der Waals surface area contributed by atoms with Gasteiger partial charge in [-0.3, -0.25) is 4.79 Å². The molecule has 2 fully saturated rings. The normalized spacial score (nSPS) is 20.6. The summed E-state index contributed by atoms with van der Waals surface area (Å²) in [6, 6.07) is 2.38. The Labute approximate surface area is 180 Å². The highest BCUT2D eigenvalue weighted by molar-refractivity contribution is 5.80. The number of carbonyl (C=O) groups is 2. The molecule has 0 bridgehead atoms. The molecule has 3 rings (SSSR count). The Morgan fingerprint density at radius 2 is 1.71 bits per heavy atom. The molecule has 3 heterocycles. The summed E-state index contributed by atoms with van der Waals surface area (Å²) in [5.41, 5.74) is -1.37. The number of carbonyl (C=O) groups excluding carboxylic acids is 2. The molecule has 0 aliphatic carbocycles. The molecule has 172 valence electrons. The zero-order valence-electron chi connectivity index (χ0n) is 18.1. The Kier molecular flexibility index (Phi) is 6.66. The molecule has 1 atom stereocenters. The van der Waals surface area contributed by atoms with E-state index in [1.165, 1.54) is 6.07 Å². The molecule has 0 aromatic carbocycles. The number of ether oxygens (including phenoxy) is 1. The van der Waals surface area contributed by atoms with Crippen LogP contribution < -0.4 is 4.90 Å². The fourth-order valence-electron chi connectivity index (χ4n) is 3.83. The third-order valence-corrected chi connectivity index (χ3v) is 5.41. The summed E-state index contributed by atoms with van der Waals surface area (Å²) < 4.78 is 43.5. The second-order valence-corrected chi connectivity index (χ2v) is 8.98. The van der Waals surface area contributed by atoms with Gasteiger partial charge in [0.1, 0.15) is 11.4 Å². The van der Waals surface area contributed by atoms with Crippen LogP contribution in [0.4, 0.5) is 23.8 Å². The summed E-state index contributed by atoms with van der Waals surface area (Å²) in [5.74, 6) is 0.208. The van der Waals surface area contributed by atoms with Crippen molar-refractivity contribution in [1.82, 2.24) is 14.8 Å². The van der Waals surface area contributed by atoms with Crippen LogP contribution in [0.1, 0.15) is 39.2 Å². The first-order valence-electron chi connectivity index (χ1n) is 10.5. The maximum absolute atomic E-state index is 13.0. The number of amides is 2. The number of halogens is 3. The van der Waals surface area contributed by atoms with E-state index in [0.29, 0.717) is 45.1 Å². The fourth-order valence-corrected chi connectivity index (χ4v) is 3.83. The molecular weight excluding hydrogens is 413 g/mol. The molecule has 0 radical (unpaired) electrons. The van der Waals surface area contributed by atoms with Crippen molar-refractivity contribution in [2.75, 3.05) is 44.2 Å². The lowest BCUT2D eigenvalue weighted by atomic mass is 9.96. The van der Waals surface area contributed by atoms with Gasteiger partial charge in [-0.15, -0.1) is 0 Å². The average Bonchev–Trinajstić information content (AvgIpc) is 2.72. The van der Waals surface area contributed by atoms with Crippen molar-refractivity contribution in [2.24, 2.45) is 5.92 Å². The number of alkyl halides is 3. The number of hydrogen-bond acceptors (Lipinski definition) is 5. The van der Waals surface area contributed by atoms with E-state index in [0.717, 1.165) is 25.1 Å². The molecule has 2 aliphatic rings. The van der Waals surface area contributed by atoms with Crippen LogP contribution in [-0.2, 0) is 15.7 Å². The summed E-state index contributed by atoms with van der Waals surface area (Å²) in [5, 5.41) is 0. The van der Waals surface area contributed by atoms with Crippen LogP contribution in [0.2, 0.25) is 0 Å². The maximum Gasteiger partial charge on any atom is 0.417 e. The number of piperazine rings is 1. The largest absolute Gasteiger partial charge is 0.444 e. The summed E-state index contributed by atoms with van der Waals surface area (Å²) in [6.07, 6.45) is -2.52. The van der Waals surface area contributed by atoms with Crippen LogP contribution in [0.15, 0.2) is 18.3 Å². The van der Waals surface area contributed by atoms with E-state index >= 15 is 0 Å². The number of nitrogens with zero attached hydrogens (tertiary/aromatic N) is 4. The van der Waals surface area contributed by atoms with Gasteiger partial charge in [0.15, 0.2) is 0 Å². The Morgan fingerprint density at radius 3 is 2.26 bits per heavy atom. The number of pyridine rings is 1. The van der Waals surface area contributed by atoms with E-state index in [-0.39, 0.29) is 11.8 Å². The molecule has 10 heteroatoms. The molecule has 31 heavy (non-hydrogen) atoms. The number of likely N-dealkylation sites (tertiary alicyclic amines) is 1. The van der Waals surface area contributed by atoms with Crippen molar-refractivity contribution in [1.29, 1.82) is 0 Å². The van der Waals surface area contributed by atoms with Crippen LogP contribution in [-0.4, -0.2) is 71.7 Å². The van der Waals surface area contributed by atoms with E-state index in [2.05, 4.69) is 4.98 Å². The Balaban J connectivity index is 1.53. The summed E-state index contributed by atoms with van der Waals surface area (Å²) in [7, 11) is 0. The van der Waals surface area contributed by atoms with Gasteiger partial charge in [0.05, 0.1) is 11.5 Å². The molecule has 2 saturated heterocycles. The van der Waals surface area contributed by atoms with Crippen LogP contribution in [0.3, 0.4) is 0 Å². The highest BCUT2D eigenvalue weighted by atomic mass is 19.4. The zero-order valence-corrected chi connectivity index (χ0v) is 18.1. The second kappa shape index (κ2) is 8.92. The van der Waals surface area contributed by atoms with Gasteiger partial charge >= 0.3 is 12.3 Å². The summed E-state index contributed by atoms with van der Waals surface area (Å²) in [4.78, 5) is 34.5. The first-order chi connectivity index (χ1) is 14.4. The quantitative estimate of drug-likeness (QED) is 0.703. The monoisotopic (exact) mass is 442 g/mol. The van der Waals surface area contributed by atoms with Crippen molar-refractivity contribution in [3.05, 3.63) is 23.9 Å². The summed E-state index contributed by atoms with van der Waals surface area (Å²) in [6.45, 7) is 8.25. The van der Waals surface area contributed by atoms with Gasteiger partial charge in [-0.2, -0.15) is 13.2 Å². The number of anilines is 1. The van der Waals surface area contributed by atoms with E-state index in [1.54, 1.807) is 9.80 Å². The van der Waals surface area contributed by atoms with Crippen molar-refractivity contribution in [3.8, 4) is 0 Å². The second-order valence-electron chi connectivity index (χ2n) is 8.98. The van der Waals surface area contributed by atoms with Crippen molar-refractivity contribution in [3.63, 3.8) is 0 Å². The van der Waals surface area contributed by atoms with Crippen molar-refractivity contribution in [2.45, 2.75) is 45.4 Å². The molecule has 0 saturated carbocycles. The molecule has 0 spiro atoms. The molecule has 1 aromatic heterocycles. The standard InChI is InChI=1S/C21H29F3N4O3/c1-20(2,3)31-19(30)28-8-4-5-15(14-28)18(29)27-11-9-26(10-12-27)17-7-6-16(13-25-17)21(22,23)24/h6-7,13,15H,4-5,8-12,14H2,1-3H3. The third-order valence-electron chi connectivity index (χ3n) is 5.41. The lowest BCUT2D eigenvalue weighted by Crippen LogP contribution is -2.53. The molecule has 2 amide bonds. The molecular formula is C21H29F3N4O3. The minimum Gasteiger partial charge on any atom is -0.444 e. The minimum atomic E-state index is -4.41. The van der Waals surface area contributed by atoms with Gasteiger partial charge in [-0.05, 0) is 45.7 Å². The van der Waals surface area contributed by atoms with Crippen LogP contribution in [0, 0.1) is 5.92 Å². The van der Waals surface area contributed by atoms with Crippen molar-refractivity contribution >= 4 is 17.8 Å². The van der Waals surface area contributed by atoms with Gasteiger partial charge in [0, 0.05) is 45.5 Å². The van der Waals surface area contributed by atoms with E-state index < -0.39 is 23.4 Å². The third kappa shape index (κ3) is 6.01. The van der Waals surface area contributed by atoms with E-state index in [9.17, 15) is 22.8 Å². The van der Waals surface area contributed by atoms with Crippen LogP contribution in [0.5, 0.6) is 0 Å². The molecule has 1 unspecified atom stereocenters. The number of aromatic nitrogens is 1. The van der Waals surface area contributed by atoms with Crippen LogP contribution >= 0.6 is 0 Å². The Morgan fingerprint density at radius 1 is 1.03 bits per heavy atom. The predicted octanol–water partition coefficient (Wildman–Crippen LogP) is 3.40. The zero-order chi connectivity index (χ0) is 22.8. The predicted molar refractivity (Wildman–Crippen MR) is 109 cm³/mol. The first-order valence-corrected chi connectivity index (χ1v) is 10.5. The van der Waals surface area contributed by atoms with E-state index in [1.807, 2.05) is 25.7 Å². The number of piperidine rings is 1. The number of rotatable bonds is 2. The summed E-state index contributed by atoms with van der Waals surface area (Å²) >= 11 is 0. The molecule has 7 nitrogen and oxygen atoms in total. The Bertz CT molecular complexity index is 785. The van der Waals surface area contributed by atoms with Gasteiger partial charge in [0.25, 0.3) is 0 Å². The topological polar surface area (TPSA) is 66.0 Å². The van der Waals surface area contributed by atoms with Crippen LogP contribution in [0.25, 0.3) is 0 Å². The fraction of sp³-hybridized carbons (Fsp3) is 0.667.